The predicted octanol–water partition coefficient (Wildman–Crippen LogP) is 22.0. The van der Waals surface area contributed by atoms with Gasteiger partial charge in [-0.15, -0.1) is 0 Å². The first-order valence-corrected chi connectivity index (χ1v) is 32.2. The van der Waals surface area contributed by atoms with Crippen molar-refractivity contribution in [2.45, 2.75) is 316 Å². The van der Waals surface area contributed by atoms with Crippen LogP contribution in [0.1, 0.15) is 310 Å². The molecule has 0 heterocycles. The van der Waals surface area contributed by atoms with E-state index in [-0.39, 0.29) is 31.1 Å². The van der Waals surface area contributed by atoms with Crippen LogP contribution in [-0.4, -0.2) is 37.2 Å². The van der Waals surface area contributed by atoms with Crippen molar-refractivity contribution < 1.29 is 28.6 Å². The van der Waals surface area contributed by atoms with E-state index in [1.165, 1.54) is 141 Å². The van der Waals surface area contributed by atoms with Crippen molar-refractivity contribution in [3.05, 3.63) is 97.2 Å². The third-order valence-corrected chi connectivity index (χ3v) is 13.8. The van der Waals surface area contributed by atoms with Crippen molar-refractivity contribution in [3.63, 3.8) is 0 Å². The van der Waals surface area contributed by atoms with E-state index in [9.17, 15) is 14.4 Å². The second-order valence-electron chi connectivity index (χ2n) is 21.3. The molecule has 6 heteroatoms. The van der Waals surface area contributed by atoms with Crippen LogP contribution in [-0.2, 0) is 28.6 Å². The first-order chi connectivity index (χ1) is 37.5. The molecule has 0 aromatic heterocycles. The van der Waals surface area contributed by atoms with Gasteiger partial charge in [-0.1, -0.05) is 285 Å². The molecule has 436 valence electrons. The van der Waals surface area contributed by atoms with Gasteiger partial charge in [0.2, 0.25) is 0 Å². The lowest BCUT2D eigenvalue weighted by atomic mass is 10.0. The number of rotatable bonds is 58. The summed E-state index contributed by atoms with van der Waals surface area (Å²) in [7, 11) is 0. The molecule has 1 unspecified atom stereocenters. The van der Waals surface area contributed by atoms with Crippen LogP contribution in [0.3, 0.4) is 0 Å². The largest absolute Gasteiger partial charge is 0.462 e. The summed E-state index contributed by atoms with van der Waals surface area (Å²) in [6.45, 7) is 6.52. The van der Waals surface area contributed by atoms with Gasteiger partial charge in [0.05, 0.1) is 0 Å². The first kappa shape index (κ1) is 72.3. The van der Waals surface area contributed by atoms with Crippen molar-refractivity contribution in [2.24, 2.45) is 0 Å². The second kappa shape index (κ2) is 63.9. The Kier molecular flexibility index (Phi) is 60.8. The average molecular weight is 1060 g/mol. The minimum absolute atomic E-state index is 0.0860. The molecule has 0 radical (unpaired) electrons. The van der Waals surface area contributed by atoms with Crippen LogP contribution in [0.25, 0.3) is 0 Å². The van der Waals surface area contributed by atoms with Gasteiger partial charge in [0.15, 0.2) is 6.10 Å². The number of unbranched alkanes of at least 4 members (excludes halogenated alkanes) is 31. The standard InChI is InChI=1S/C70H120O6/c1-4-7-10-13-16-19-22-25-28-30-32-34-35-37-38-40-42-45-48-51-54-57-60-63-69(72)75-66-67(65-74-68(71)62-59-56-53-50-47-44-27-24-21-18-15-12-9-6-3)76-70(73)64-61-58-55-52-49-46-43-41-39-36-33-31-29-26-23-20-17-14-11-8-5-2/h8,11,17,20,22,25-26,29-30,32-33,35-37,41,43,67H,4-7,9-10,12-16,18-19,21,23-24,27-28,31,34,38-40,42,44-66H2,1-3H3/b11-8-,20-17-,25-22-,29-26-,32-30-,36-33-,37-35-,43-41-. The highest BCUT2D eigenvalue weighted by molar-refractivity contribution is 5.71. The highest BCUT2D eigenvalue weighted by atomic mass is 16.6. The maximum absolute atomic E-state index is 12.9. The Balaban J connectivity index is 4.40. The smallest absolute Gasteiger partial charge is 0.306 e. The molecule has 0 amide bonds. The van der Waals surface area contributed by atoms with Crippen LogP contribution < -0.4 is 0 Å². The fraction of sp³-hybridized carbons (Fsp3) is 0.729. The third-order valence-electron chi connectivity index (χ3n) is 13.8. The van der Waals surface area contributed by atoms with Crippen LogP contribution in [0.2, 0.25) is 0 Å². The summed E-state index contributed by atoms with van der Waals surface area (Å²) >= 11 is 0. The Morgan fingerprint density at radius 1 is 0.276 bits per heavy atom. The number of ether oxygens (including phenoxy) is 3. The molecule has 0 saturated carbocycles. The van der Waals surface area contributed by atoms with Crippen molar-refractivity contribution in [1.82, 2.24) is 0 Å². The molecule has 0 aliphatic carbocycles. The minimum Gasteiger partial charge on any atom is -0.462 e. The fourth-order valence-corrected chi connectivity index (χ4v) is 9.01. The molecule has 0 N–H and O–H groups in total. The monoisotopic (exact) mass is 1060 g/mol. The molecular formula is C70H120O6. The molecule has 0 rings (SSSR count). The van der Waals surface area contributed by atoms with Gasteiger partial charge in [0.1, 0.15) is 13.2 Å². The van der Waals surface area contributed by atoms with Gasteiger partial charge in [-0.2, -0.15) is 0 Å². The number of hydrogen-bond donors (Lipinski definition) is 0. The molecule has 0 fully saturated rings. The number of allylic oxidation sites excluding steroid dienone is 16. The predicted molar refractivity (Wildman–Crippen MR) is 330 cm³/mol. The number of esters is 3. The lowest BCUT2D eigenvalue weighted by Gasteiger charge is -2.18. The molecule has 0 aliphatic rings. The number of carbonyl (C=O) groups is 3. The molecular weight excluding hydrogens is 937 g/mol. The normalized spacial score (nSPS) is 12.7. The van der Waals surface area contributed by atoms with E-state index >= 15 is 0 Å². The van der Waals surface area contributed by atoms with Gasteiger partial charge in [-0.25, -0.2) is 0 Å². The van der Waals surface area contributed by atoms with Crippen molar-refractivity contribution in [3.8, 4) is 0 Å². The van der Waals surface area contributed by atoms with Gasteiger partial charge in [-0.3, -0.25) is 14.4 Å². The van der Waals surface area contributed by atoms with Gasteiger partial charge in [0.25, 0.3) is 0 Å². The molecule has 0 aliphatic heterocycles. The summed E-state index contributed by atoms with van der Waals surface area (Å²) in [6, 6.07) is 0. The third kappa shape index (κ3) is 61.2. The van der Waals surface area contributed by atoms with Crippen LogP contribution in [0.15, 0.2) is 97.2 Å². The Bertz CT molecular complexity index is 1490. The van der Waals surface area contributed by atoms with Crippen molar-refractivity contribution >= 4 is 17.9 Å². The van der Waals surface area contributed by atoms with Gasteiger partial charge >= 0.3 is 17.9 Å². The van der Waals surface area contributed by atoms with E-state index in [0.29, 0.717) is 19.3 Å². The highest BCUT2D eigenvalue weighted by Crippen LogP contribution is 2.16. The summed E-state index contributed by atoms with van der Waals surface area (Å²) in [5, 5.41) is 0. The number of carbonyl (C=O) groups excluding carboxylic acids is 3. The maximum Gasteiger partial charge on any atom is 0.306 e. The van der Waals surface area contributed by atoms with E-state index in [2.05, 4.69) is 118 Å². The Morgan fingerprint density at radius 2 is 0.513 bits per heavy atom. The maximum atomic E-state index is 12.9. The molecule has 0 aromatic rings. The summed E-state index contributed by atoms with van der Waals surface area (Å²) in [4.78, 5) is 38.3. The van der Waals surface area contributed by atoms with Gasteiger partial charge in [0, 0.05) is 19.3 Å². The summed E-state index contributed by atoms with van der Waals surface area (Å²) < 4.78 is 16.9. The van der Waals surface area contributed by atoms with Crippen LogP contribution in [0, 0.1) is 0 Å². The Morgan fingerprint density at radius 3 is 0.803 bits per heavy atom. The fourth-order valence-electron chi connectivity index (χ4n) is 9.01. The van der Waals surface area contributed by atoms with Crippen LogP contribution in [0.4, 0.5) is 0 Å². The Hall–Kier alpha value is -3.67. The average Bonchev–Trinajstić information content (AvgIpc) is 3.42. The van der Waals surface area contributed by atoms with E-state index < -0.39 is 6.10 Å². The van der Waals surface area contributed by atoms with Gasteiger partial charge < -0.3 is 14.2 Å². The molecule has 1 atom stereocenters. The van der Waals surface area contributed by atoms with E-state index in [1.54, 1.807) is 0 Å². The molecule has 0 saturated heterocycles. The zero-order valence-corrected chi connectivity index (χ0v) is 50.0. The van der Waals surface area contributed by atoms with Gasteiger partial charge in [-0.05, 0) is 103 Å². The minimum atomic E-state index is -0.792. The zero-order valence-electron chi connectivity index (χ0n) is 50.0. The molecule has 0 spiro atoms. The molecule has 0 bridgehead atoms. The first-order valence-electron chi connectivity index (χ1n) is 32.2. The van der Waals surface area contributed by atoms with Crippen LogP contribution in [0.5, 0.6) is 0 Å². The highest BCUT2D eigenvalue weighted by Gasteiger charge is 2.19. The van der Waals surface area contributed by atoms with Crippen molar-refractivity contribution in [2.75, 3.05) is 13.2 Å². The number of hydrogen-bond acceptors (Lipinski definition) is 6. The Labute approximate surface area is 470 Å². The summed E-state index contributed by atoms with van der Waals surface area (Å²) in [6.07, 6.45) is 85.5. The zero-order chi connectivity index (χ0) is 55.0. The summed E-state index contributed by atoms with van der Waals surface area (Å²) in [5.74, 6) is -0.901. The SMILES string of the molecule is CC/C=C\C/C=C\C/C=C\C/C=C\C/C=C\CCCCCCCC(=O)OC(COC(=O)CCCCCCCCCC/C=C\C/C=C\C/C=C\CCCCCCC)COC(=O)CCCCCCCCCCCCCCCC. The van der Waals surface area contributed by atoms with E-state index in [4.69, 9.17) is 14.2 Å². The topological polar surface area (TPSA) is 78.9 Å². The van der Waals surface area contributed by atoms with Crippen LogP contribution >= 0.6 is 0 Å². The van der Waals surface area contributed by atoms with E-state index in [1.807, 2.05) is 0 Å². The lowest BCUT2D eigenvalue weighted by Crippen LogP contribution is -2.30. The summed E-state index contributed by atoms with van der Waals surface area (Å²) in [5.41, 5.74) is 0. The molecule has 6 nitrogen and oxygen atoms in total. The lowest BCUT2D eigenvalue weighted by molar-refractivity contribution is -0.167. The quantitative estimate of drug-likeness (QED) is 0.0261. The van der Waals surface area contributed by atoms with Crippen molar-refractivity contribution in [1.29, 1.82) is 0 Å². The second-order valence-corrected chi connectivity index (χ2v) is 21.3. The molecule has 0 aromatic carbocycles. The van der Waals surface area contributed by atoms with E-state index in [0.717, 1.165) is 128 Å². The molecule has 76 heavy (non-hydrogen) atoms.